The minimum Gasteiger partial charge on any atom is -0.368 e. The van der Waals surface area contributed by atoms with Crippen molar-refractivity contribution in [1.82, 2.24) is 15.1 Å². The van der Waals surface area contributed by atoms with Crippen LogP contribution in [0.1, 0.15) is 6.92 Å². The van der Waals surface area contributed by atoms with Crippen molar-refractivity contribution in [1.29, 1.82) is 0 Å². The molecule has 0 bridgehead atoms. The van der Waals surface area contributed by atoms with Gasteiger partial charge in [-0.25, -0.2) is 0 Å². The lowest BCUT2D eigenvalue weighted by molar-refractivity contribution is -0.119. The first-order valence-electron chi connectivity index (χ1n) is 5.42. The van der Waals surface area contributed by atoms with Crippen LogP contribution in [0, 0.1) is 0 Å². The highest BCUT2D eigenvalue weighted by Gasteiger charge is 2.22. The van der Waals surface area contributed by atoms with E-state index < -0.39 is 0 Å². The fraction of sp³-hybridized carbons (Fsp3) is 0.900. The van der Waals surface area contributed by atoms with Crippen LogP contribution in [-0.2, 0) is 4.79 Å². The van der Waals surface area contributed by atoms with Gasteiger partial charge in [-0.2, -0.15) is 0 Å². The second-order valence-corrected chi connectivity index (χ2v) is 4.43. The molecule has 3 N–H and O–H groups in total. The van der Waals surface area contributed by atoms with Gasteiger partial charge in [-0.15, -0.1) is 0 Å². The molecule has 1 fully saturated rings. The zero-order valence-corrected chi connectivity index (χ0v) is 9.86. The number of amides is 1. The molecule has 1 rings (SSSR count). The molecule has 5 heteroatoms. The topological polar surface area (TPSA) is 61.6 Å². The highest BCUT2D eigenvalue weighted by atomic mass is 16.1. The molecule has 1 amide bonds. The summed E-state index contributed by atoms with van der Waals surface area (Å²) in [5.41, 5.74) is 5.19. The quantitative estimate of drug-likeness (QED) is 0.610. The molecular formula is C10H22N4O. The van der Waals surface area contributed by atoms with Crippen molar-refractivity contribution in [2.45, 2.75) is 19.0 Å². The molecule has 0 aromatic carbocycles. The van der Waals surface area contributed by atoms with E-state index in [0.29, 0.717) is 6.04 Å². The Morgan fingerprint density at radius 1 is 1.53 bits per heavy atom. The number of rotatable bonds is 4. The number of nitrogens with zero attached hydrogens (tertiary/aromatic N) is 2. The molecule has 88 valence electrons. The van der Waals surface area contributed by atoms with Crippen LogP contribution in [0.25, 0.3) is 0 Å². The van der Waals surface area contributed by atoms with Crippen molar-refractivity contribution in [3.8, 4) is 0 Å². The van der Waals surface area contributed by atoms with Crippen molar-refractivity contribution in [2.75, 3.05) is 40.3 Å². The summed E-state index contributed by atoms with van der Waals surface area (Å²) in [7, 11) is 4.24. The van der Waals surface area contributed by atoms with Crippen LogP contribution >= 0.6 is 0 Å². The molecule has 0 aromatic rings. The highest BCUT2D eigenvalue weighted by molar-refractivity contribution is 5.79. The van der Waals surface area contributed by atoms with Crippen LogP contribution in [-0.4, -0.2) is 68.1 Å². The monoisotopic (exact) mass is 214 g/mol. The third kappa shape index (κ3) is 3.77. The van der Waals surface area contributed by atoms with Crippen LogP contribution in [0.4, 0.5) is 0 Å². The Balaban J connectivity index is 2.33. The second kappa shape index (κ2) is 5.44. The van der Waals surface area contributed by atoms with Gasteiger partial charge in [0.15, 0.2) is 0 Å². The Kier molecular flexibility index (Phi) is 4.50. The standard InChI is InChI=1S/C10H22N4O/c1-8(10(11)15)12-6-9-7-13(2)4-5-14(9)3/h8-9,12H,4-7H2,1-3H3,(H2,11,15). The molecule has 0 spiro atoms. The Bertz CT molecular complexity index is 221. The van der Waals surface area contributed by atoms with Crippen LogP contribution in [0.2, 0.25) is 0 Å². The molecule has 0 aliphatic carbocycles. The molecular weight excluding hydrogens is 192 g/mol. The third-order valence-corrected chi connectivity index (χ3v) is 3.07. The van der Waals surface area contributed by atoms with Crippen LogP contribution in [0.5, 0.6) is 0 Å². The van der Waals surface area contributed by atoms with Crippen LogP contribution < -0.4 is 11.1 Å². The summed E-state index contributed by atoms with van der Waals surface area (Å²) >= 11 is 0. The first kappa shape index (κ1) is 12.4. The van der Waals surface area contributed by atoms with E-state index in [0.717, 1.165) is 26.2 Å². The summed E-state index contributed by atoms with van der Waals surface area (Å²) in [5, 5.41) is 3.16. The van der Waals surface area contributed by atoms with Crippen molar-refractivity contribution in [2.24, 2.45) is 5.73 Å². The number of hydrogen-bond donors (Lipinski definition) is 2. The van der Waals surface area contributed by atoms with Gasteiger partial charge in [0, 0.05) is 32.2 Å². The molecule has 0 saturated carbocycles. The van der Waals surface area contributed by atoms with Gasteiger partial charge in [0.05, 0.1) is 6.04 Å². The molecule has 15 heavy (non-hydrogen) atoms. The van der Waals surface area contributed by atoms with Crippen LogP contribution in [0.3, 0.4) is 0 Å². The van der Waals surface area contributed by atoms with E-state index in [2.05, 4.69) is 29.2 Å². The fourth-order valence-corrected chi connectivity index (χ4v) is 1.74. The minimum atomic E-state index is -0.290. The van der Waals surface area contributed by atoms with Gasteiger partial charge in [0.1, 0.15) is 0 Å². The van der Waals surface area contributed by atoms with Gasteiger partial charge >= 0.3 is 0 Å². The molecule has 1 aliphatic rings. The minimum absolute atomic E-state index is 0.245. The molecule has 1 aliphatic heterocycles. The Morgan fingerprint density at radius 3 is 2.80 bits per heavy atom. The predicted molar refractivity (Wildman–Crippen MR) is 60.6 cm³/mol. The maximum atomic E-state index is 10.9. The zero-order chi connectivity index (χ0) is 11.4. The summed E-state index contributed by atoms with van der Waals surface area (Å²) in [6.45, 7) is 5.83. The first-order valence-corrected chi connectivity index (χ1v) is 5.42. The first-order chi connectivity index (χ1) is 7.00. The predicted octanol–water partition coefficient (Wildman–Crippen LogP) is -1.30. The van der Waals surface area contributed by atoms with Crippen molar-refractivity contribution in [3.05, 3.63) is 0 Å². The van der Waals surface area contributed by atoms with E-state index in [1.54, 1.807) is 6.92 Å². The number of nitrogens with one attached hydrogen (secondary N) is 1. The van der Waals surface area contributed by atoms with Gasteiger partial charge in [-0.05, 0) is 21.0 Å². The molecule has 2 atom stereocenters. The molecule has 0 aromatic heterocycles. The summed E-state index contributed by atoms with van der Waals surface area (Å²) in [6.07, 6.45) is 0. The van der Waals surface area contributed by atoms with Crippen LogP contribution in [0.15, 0.2) is 0 Å². The lowest BCUT2D eigenvalue weighted by Crippen LogP contribution is -2.55. The number of primary amides is 1. The fourth-order valence-electron chi connectivity index (χ4n) is 1.74. The van der Waals surface area contributed by atoms with Gasteiger partial charge in [0.25, 0.3) is 0 Å². The van der Waals surface area contributed by atoms with Gasteiger partial charge in [0.2, 0.25) is 5.91 Å². The number of likely N-dealkylation sites (N-methyl/N-ethyl adjacent to an activating group) is 2. The van der Waals surface area contributed by atoms with Crippen molar-refractivity contribution in [3.63, 3.8) is 0 Å². The average molecular weight is 214 g/mol. The van der Waals surface area contributed by atoms with E-state index in [-0.39, 0.29) is 11.9 Å². The van der Waals surface area contributed by atoms with E-state index >= 15 is 0 Å². The summed E-state index contributed by atoms with van der Waals surface area (Å²) in [4.78, 5) is 15.5. The SMILES string of the molecule is CC(NCC1CN(C)CCN1C)C(N)=O. The molecule has 2 unspecified atom stereocenters. The molecule has 5 nitrogen and oxygen atoms in total. The summed E-state index contributed by atoms with van der Waals surface area (Å²) < 4.78 is 0. The number of nitrogens with two attached hydrogens (primary N) is 1. The highest BCUT2D eigenvalue weighted by Crippen LogP contribution is 2.04. The van der Waals surface area contributed by atoms with Crippen molar-refractivity contribution >= 4 is 5.91 Å². The average Bonchev–Trinajstić information content (AvgIpc) is 2.18. The smallest absolute Gasteiger partial charge is 0.234 e. The summed E-state index contributed by atoms with van der Waals surface area (Å²) in [5.74, 6) is -0.290. The largest absolute Gasteiger partial charge is 0.368 e. The lowest BCUT2D eigenvalue weighted by atomic mass is 10.1. The van der Waals surface area contributed by atoms with E-state index in [9.17, 15) is 4.79 Å². The lowest BCUT2D eigenvalue weighted by Gasteiger charge is -2.38. The Labute approximate surface area is 91.6 Å². The molecule has 1 heterocycles. The normalized spacial score (nSPS) is 26.5. The van der Waals surface area contributed by atoms with Gasteiger partial charge < -0.3 is 16.0 Å². The Hall–Kier alpha value is -0.650. The second-order valence-electron chi connectivity index (χ2n) is 4.43. The molecule has 0 radical (unpaired) electrons. The van der Waals surface area contributed by atoms with E-state index in [1.807, 2.05) is 0 Å². The maximum Gasteiger partial charge on any atom is 0.234 e. The van der Waals surface area contributed by atoms with Crippen molar-refractivity contribution < 1.29 is 4.79 Å². The Morgan fingerprint density at radius 2 is 2.20 bits per heavy atom. The third-order valence-electron chi connectivity index (χ3n) is 3.07. The van der Waals surface area contributed by atoms with E-state index in [4.69, 9.17) is 5.73 Å². The van der Waals surface area contributed by atoms with Gasteiger partial charge in [-0.1, -0.05) is 0 Å². The van der Waals surface area contributed by atoms with E-state index in [1.165, 1.54) is 0 Å². The zero-order valence-electron chi connectivity index (χ0n) is 9.86. The number of hydrogen-bond acceptors (Lipinski definition) is 4. The number of carbonyl (C=O) groups excluding carboxylic acids is 1. The number of carbonyl (C=O) groups is 1. The maximum absolute atomic E-state index is 10.9. The van der Waals surface area contributed by atoms with Gasteiger partial charge in [-0.3, -0.25) is 9.69 Å². The number of piperazine rings is 1. The summed E-state index contributed by atoms with van der Waals surface area (Å²) in [6, 6.07) is 0.219. The molecule has 1 saturated heterocycles.